The molecule has 66 valence electrons. The van der Waals surface area contributed by atoms with Gasteiger partial charge in [-0.3, -0.25) is 0 Å². The van der Waals surface area contributed by atoms with Crippen LogP contribution in [0.5, 0.6) is 0 Å². The van der Waals surface area contributed by atoms with Gasteiger partial charge in [-0.05, 0) is 0 Å². The van der Waals surface area contributed by atoms with Crippen LogP contribution in [0.3, 0.4) is 0 Å². The standard InChI is InChI=1S/C5H6N2O4S/c1-11-5(8)3-2-4(6)12(9,10)7-3/h2H,6H2,1H3. The third-order valence-corrected chi connectivity index (χ3v) is 2.34. The number of ether oxygens (including phenoxy) is 1. The van der Waals surface area contributed by atoms with Gasteiger partial charge in [-0.25, -0.2) is 4.79 Å². The first-order valence-electron chi connectivity index (χ1n) is 2.88. The molecule has 0 bridgehead atoms. The highest BCUT2D eigenvalue weighted by Crippen LogP contribution is 2.11. The third kappa shape index (κ3) is 1.30. The topological polar surface area (TPSA) is 98.8 Å². The Hall–Kier alpha value is -1.37. The van der Waals surface area contributed by atoms with Crippen molar-refractivity contribution in [2.75, 3.05) is 7.11 Å². The maximum Gasteiger partial charge on any atom is 0.357 e. The van der Waals surface area contributed by atoms with E-state index in [4.69, 9.17) is 5.73 Å². The van der Waals surface area contributed by atoms with Crippen molar-refractivity contribution in [1.29, 1.82) is 0 Å². The van der Waals surface area contributed by atoms with E-state index in [-0.39, 0.29) is 5.71 Å². The lowest BCUT2D eigenvalue weighted by Gasteiger charge is -1.91. The molecule has 0 atom stereocenters. The van der Waals surface area contributed by atoms with Gasteiger partial charge in [0.1, 0.15) is 0 Å². The molecular formula is C5H6N2O4S. The van der Waals surface area contributed by atoms with E-state index in [1.807, 2.05) is 0 Å². The number of esters is 1. The molecule has 0 unspecified atom stereocenters. The minimum atomic E-state index is -3.80. The molecule has 0 amide bonds. The monoisotopic (exact) mass is 190 g/mol. The zero-order valence-corrected chi connectivity index (χ0v) is 6.96. The van der Waals surface area contributed by atoms with E-state index in [1.54, 1.807) is 0 Å². The average molecular weight is 190 g/mol. The summed E-state index contributed by atoms with van der Waals surface area (Å²) in [5.41, 5.74) is 4.75. The van der Waals surface area contributed by atoms with E-state index < -0.39 is 21.0 Å². The molecule has 2 N–H and O–H groups in total. The fraction of sp³-hybridized carbons (Fsp3) is 0.200. The Balaban J connectivity index is 3.10. The van der Waals surface area contributed by atoms with Crippen LogP contribution in [0.1, 0.15) is 0 Å². The second-order valence-electron chi connectivity index (χ2n) is 1.99. The van der Waals surface area contributed by atoms with Crippen LogP contribution in [0.15, 0.2) is 15.5 Å². The van der Waals surface area contributed by atoms with Crippen LogP contribution in [0.2, 0.25) is 0 Å². The number of methoxy groups -OCH3 is 1. The van der Waals surface area contributed by atoms with Gasteiger partial charge in [0.25, 0.3) is 10.0 Å². The molecule has 6 nitrogen and oxygen atoms in total. The van der Waals surface area contributed by atoms with Crippen LogP contribution in [0, 0.1) is 0 Å². The summed E-state index contributed by atoms with van der Waals surface area (Å²) in [5, 5.41) is -0.442. The van der Waals surface area contributed by atoms with Gasteiger partial charge in [0.2, 0.25) is 0 Å². The van der Waals surface area contributed by atoms with E-state index in [2.05, 4.69) is 9.13 Å². The van der Waals surface area contributed by atoms with Crippen molar-refractivity contribution in [3.63, 3.8) is 0 Å². The Morgan fingerprint density at radius 2 is 2.25 bits per heavy atom. The Labute approximate surface area is 68.8 Å². The molecule has 1 aliphatic heterocycles. The summed E-state index contributed by atoms with van der Waals surface area (Å²) in [6, 6.07) is 0. The van der Waals surface area contributed by atoms with Crippen molar-refractivity contribution in [3.8, 4) is 0 Å². The summed E-state index contributed by atoms with van der Waals surface area (Å²) < 4.78 is 28.9. The quantitative estimate of drug-likeness (QED) is 0.520. The van der Waals surface area contributed by atoms with Gasteiger partial charge in [0, 0.05) is 6.08 Å². The lowest BCUT2D eigenvalue weighted by molar-refractivity contribution is -0.132. The number of sulfonamides is 1. The normalized spacial score (nSPS) is 19.8. The summed E-state index contributed by atoms with van der Waals surface area (Å²) in [6.07, 6.45) is 0.959. The van der Waals surface area contributed by atoms with E-state index in [9.17, 15) is 13.2 Å². The fourth-order valence-corrected chi connectivity index (χ4v) is 1.37. The number of nitrogens with two attached hydrogens (primary N) is 1. The summed E-state index contributed by atoms with van der Waals surface area (Å²) in [7, 11) is -2.68. The molecule has 1 rings (SSSR count). The first-order chi connectivity index (χ1) is 5.47. The molecule has 0 spiro atoms. The van der Waals surface area contributed by atoms with Gasteiger partial charge in [-0.2, -0.15) is 12.8 Å². The van der Waals surface area contributed by atoms with Crippen LogP contribution in [-0.4, -0.2) is 27.2 Å². The second-order valence-corrected chi connectivity index (χ2v) is 3.59. The van der Waals surface area contributed by atoms with Gasteiger partial charge in [0.15, 0.2) is 10.7 Å². The van der Waals surface area contributed by atoms with Crippen molar-refractivity contribution >= 4 is 21.7 Å². The van der Waals surface area contributed by atoms with Gasteiger partial charge < -0.3 is 10.5 Å². The van der Waals surface area contributed by atoms with E-state index in [1.165, 1.54) is 0 Å². The predicted molar refractivity (Wildman–Crippen MR) is 40.6 cm³/mol. The largest absolute Gasteiger partial charge is 0.464 e. The van der Waals surface area contributed by atoms with Gasteiger partial charge >= 0.3 is 5.97 Å². The van der Waals surface area contributed by atoms with Crippen LogP contribution in [0.25, 0.3) is 0 Å². The fourth-order valence-electron chi connectivity index (χ4n) is 0.619. The van der Waals surface area contributed by atoms with Crippen molar-refractivity contribution in [2.45, 2.75) is 0 Å². The summed E-state index contributed by atoms with van der Waals surface area (Å²) in [4.78, 5) is 10.7. The molecule has 0 aromatic carbocycles. The van der Waals surface area contributed by atoms with Gasteiger partial charge in [0.05, 0.1) is 7.11 Å². The highest BCUT2D eigenvalue weighted by molar-refractivity contribution is 7.94. The molecule has 0 aliphatic carbocycles. The highest BCUT2D eigenvalue weighted by atomic mass is 32.2. The Morgan fingerprint density at radius 3 is 2.58 bits per heavy atom. The van der Waals surface area contributed by atoms with Crippen molar-refractivity contribution < 1.29 is 17.9 Å². The molecule has 0 aromatic heterocycles. The number of carbonyl (C=O) groups excluding carboxylic acids is 1. The van der Waals surface area contributed by atoms with E-state index >= 15 is 0 Å². The molecule has 0 saturated carbocycles. The summed E-state index contributed by atoms with van der Waals surface area (Å²) >= 11 is 0. The van der Waals surface area contributed by atoms with Crippen molar-refractivity contribution in [3.05, 3.63) is 11.1 Å². The van der Waals surface area contributed by atoms with Crippen LogP contribution in [0.4, 0.5) is 0 Å². The van der Waals surface area contributed by atoms with Crippen LogP contribution in [-0.2, 0) is 19.6 Å². The number of hydrogen-bond donors (Lipinski definition) is 1. The lowest BCUT2D eigenvalue weighted by atomic mass is 10.4. The minimum Gasteiger partial charge on any atom is -0.464 e. The summed E-state index contributed by atoms with van der Waals surface area (Å²) in [6.45, 7) is 0. The van der Waals surface area contributed by atoms with Crippen LogP contribution >= 0.6 is 0 Å². The predicted octanol–water partition coefficient (Wildman–Crippen LogP) is -1.26. The number of carbonyl (C=O) groups is 1. The summed E-state index contributed by atoms with van der Waals surface area (Å²) in [5.74, 6) is -0.820. The average Bonchev–Trinajstić information content (AvgIpc) is 2.25. The van der Waals surface area contributed by atoms with E-state index in [0.29, 0.717) is 0 Å². The third-order valence-electron chi connectivity index (χ3n) is 1.19. The molecule has 0 radical (unpaired) electrons. The molecule has 7 heteroatoms. The van der Waals surface area contributed by atoms with Gasteiger partial charge in [-0.15, -0.1) is 0 Å². The SMILES string of the molecule is COC(=O)C1=NS(=O)(=O)C(N)=C1. The first kappa shape index (κ1) is 8.72. The Kier molecular flexibility index (Phi) is 1.89. The molecule has 1 heterocycles. The lowest BCUT2D eigenvalue weighted by Crippen LogP contribution is -2.11. The Morgan fingerprint density at radius 1 is 1.67 bits per heavy atom. The number of nitrogens with zero attached hydrogens (tertiary/aromatic N) is 1. The van der Waals surface area contributed by atoms with Gasteiger partial charge in [-0.1, -0.05) is 0 Å². The zero-order valence-electron chi connectivity index (χ0n) is 6.14. The number of rotatable bonds is 1. The molecular weight excluding hydrogens is 184 g/mol. The minimum absolute atomic E-state index is 0.296. The molecule has 0 fully saturated rings. The van der Waals surface area contributed by atoms with Crippen LogP contribution < -0.4 is 5.73 Å². The maximum absolute atomic E-state index is 10.8. The molecule has 12 heavy (non-hydrogen) atoms. The zero-order chi connectivity index (χ0) is 9.35. The molecule has 1 aliphatic rings. The van der Waals surface area contributed by atoms with Crippen molar-refractivity contribution in [1.82, 2.24) is 0 Å². The number of hydrogen-bond acceptors (Lipinski definition) is 5. The Bertz CT molecular complexity index is 378. The smallest absolute Gasteiger partial charge is 0.357 e. The highest BCUT2D eigenvalue weighted by Gasteiger charge is 2.25. The maximum atomic E-state index is 10.8. The second kappa shape index (κ2) is 2.59. The first-order valence-corrected chi connectivity index (χ1v) is 4.32. The molecule has 0 aromatic rings. The molecule has 0 saturated heterocycles. The van der Waals surface area contributed by atoms with Crippen molar-refractivity contribution in [2.24, 2.45) is 10.1 Å². The van der Waals surface area contributed by atoms with E-state index in [0.717, 1.165) is 13.2 Å².